The summed E-state index contributed by atoms with van der Waals surface area (Å²) in [6, 6.07) is 9.42. The van der Waals surface area contributed by atoms with Crippen LogP contribution in [0.2, 0.25) is 15.2 Å². The van der Waals surface area contributed by atoms with Gasteiger partial charge in [0.05, 0.1) is 23.4 Å². The molecule has 3 N–H and O–H groups in total. The SMILES string of the molecule is COC(=O)NNC(=O)c1cc(Cl)cc(C)c1NC(=O)c1c(Cl)cc(Cl)n1-c1ccccn1. The summed E-state index contributed by atoms with van der Waals surface area (Å²) in [6.07, 6.45) is 0.665. The van der Waals surface area contributed by atoms with E-state index in [1.165, 1.54) is 16.7 Å². The molecule has 0 aliphatic heterocycles. The molecule has 32 heavy (non-hydrogen) atoms. The number of amides is 3. The molecule has 0 unspecified atom stereocenters. The van der Waals surface area contributed by atoms with Crippen molar-refractivity contribution >= 4 is 58.4 Å². The Bertz CT molecular complexity index is 1200. The van der Waals surface area contributed by atoms with Gasteiger partial charge in [0.1, 0.15) is 16.7 Å². The fourth-order valence-electron chi connectivity index (χ4n) is 2.86. The van der Waals surface area contributed by atoms with Crippen LogP contribution < -0.4 is 16.2 Å². The first-order valence-electron chi connectivity index (χ1n) is 8.97. The maximum absolute atomic E-state index is 13.2. The molecule has 3 rings (SSSR count). The third-order valence-corrected chi connectivity index (χ3v) is 5.03. The molecule has 2 aromatic heterocycles. The summed E-state index contributed by atoms with van der Waals surface area (Å²) in [5, 5.41) is 3.19. The maximum atomic E-state index is 13.2. The van der Waals surface area contributed by atoms with E-state index in [0.29, 0.717) is 11.4 Å². The highest BCUT2D eigenvalue weighted by Gasteiger charge is 2.24. The minimum absolute atomic E-state index is 0.00193. The average Bonchev–Trinajstić information content (AvgIpc) is 3.07. The molecule has 0 atom stereocenters. The summed E-state index contributed by atoms with van der Waals surface area (Å²) in [4.78, 5) is 41.3. The Hall–Kier alpha value is -3.27. The molecule has 0 aliphatic carbocycles. The van der Waals surface area contributed by atoms with E-state index in [1.807, 2.05) is 0 Å². The van der Waals surface area contributed by atoms with Crippen molar-refractivity contribution in [1.29, 1.82) is 0 Å². The van der Waals surface area contributed by atoms with Gasteiger partial charge in [0.15, 0.2) is 0 Å². The molecule has 1 aromatic carbocycles. The number of aromatic nitrogens is 2. The molecule has 3 amide bonds. The number of halogens is 3. The van der Waals surface area contributed by atoms with Gasteiger partial charge in [-0.1, -0.05) is 40.9 Å². The van der Waals surface area contributed by atoms with Gasteiger partial charge in [-0.2, -0.15) is 0 Å². The molecular weight excluding hydrogens is 481 g/mol. The van der Waals surface area contributed by atoms with Crippen LogP contribution in [-0.4, -0.2) is 34.6 Å². The topological polar surface area (TPSA) is 114 Å². The number of rotatable bonds is 4. The van der Waals surface area contributed by atoms with Crippen LogP contribution in [0.15, 0.2) is 42.6 Å². The molecule has 2 heterocycles. The van der Waals surface area contributed by atoms with Crippen LogP contribution in [0.3, 0.4) is 0 Å². The number of carbonyl (C=O) groups is 3. The molecule has 0 saturated heterocycles. The van der Waals surface area contributed by atoms with Crippen LogP contribution in [0.4, 0.5) is 10.5 Å². The molecule has 0 spiro atoms. The molecule has 9 nitrogen and oxygen atoms in total. The van der Waals surface area contributed by atoms with Gasteiger partial charge < -0.3 is 10.1 Å². The van der Waals surface area contributed by atoms with Crippen LogP contribution >= 0.6 is 34.8 Å². The number of hydrogen-bond donors (Lipinski definition) is 3. The molecule has 0 fully saturated rings. The highest BCUT2D eigenvalue weighted by molar-refractivity contribution is 6.38. The van der Waals surface area contributed by atoms with Crippen molar-refractivity contribution in [2.45, 2.75) is 6.92 Å². The Labute approximate surface area is 197 Å². The van der Waals surface area contributed by atoms with Crippen molar-refractivity contribution in [2.75, 3.05) is 12.4 Å². The van der Waals surface area contributed by atoms with Crippen LogP contribution in [-0.2, 0) is 4.74 Å². The van der Waals surface area contributed by atoms with E-state index in [9.17, 15) is 14.4 Å². The number of benzene rings is 1. The highest BCUT2D eigenvalue weighted by atomic mass is 35.5. The second-order valence-corrected chi connectivity index (χ2v) is 7.59. The van der Waals surface area contributed by atoms with Gasteiger partial charge >= 0.3 is 6.09 Å². The summed E-state index contributed by atoms with van der Waals surface area (Å²) in [5.74, 6) is -1.00. The van der Waals surface area contributed by atoms with Crippen molar-refractivity contribution in [3.05, 3.63) is 74.6 Å². The van der Waals surface area contributed by atoms with E-state index in [-0.39, 0.29) is 32.1 Å². The number of carbonyl (C=O) groups excluding carboxylic acids is 3. The van der Waals surface area contributed by atoms with E-state index in [4.69, 9.17) is 34.8 Å². The van der Waals surface area contributed by atoms with E-state index >= 15 is 0 Å². The Balaban J connectivity index is 1.99. The van der Waals surface area contributed by atoms with Crippen molar-refractivity contribution in [3.63, 3.8) is 0 Å². The number of methoxy groups -OCH3 is 1. The Morgan fingerprint density at radius 2 is 1.78 bits per heavy atom. The monoisotopic (exact) mass is 495 g/mol. The van der Waals surface area contributed by atoms with E-state index in [1.54, 1.807) is 37.4 Å². The first-order chi connectivity index (χ1) is 15.2. The predicted octanol–water partition coefficient (Wildman–Crippen LogP) is 4.39. The van der Waals surface area contributed by atoms with Gasteiger partial charge in [0.2, 0.25) is 0 Å². The first-order valence-corrected chi connectivity index (χ1v) is 10.1. The summed E-state index contributed by atoms with van der Waals surface area (Å²) < 4.78 is 5.79. The normalized spacial score (nSPS) is 10.4. The number of hydrazine groups is 1. The van der Waals surface area contributed by atoms with Crippen molar-refractivity contribution in [3.8, 4) is 5.82 Å². The smallest absolute Gasteiger partial charge is 0.425 e. The second kappa shape index (κ2) is 9.90. The molecule has 0 aliphatic rings. The summed E-state index contributed by atoms with van der Waals surface area (Å²) in [6.45, 7) is 1.65. The lowest BCUT2D eigenvalue weighted by molar-refractivity contribution is 0.0921. The van der Waals surface area contributed by atoms with Gasteiger partial charge in [-0.15, -0.1) is 0 Å². The molecule has 3 aromatic rings. The van der Waals surface area contributed by atoms with Crippen molar-refractivity contribution in [2.24, 2.45) is 0 Å². The van der Waals surface area contributed by atoms with Crippen LogP contribution in [0, 0.1) is 6.92 Å². The van der Waals surface area contributed by atoms with Crippen LogP contribution in [0.1, 0.15) is 26.4 Å². The Morgan fingerprint density at radius 3 is 2.44 bits per heavy atom. The Morgan fingerprint density at radius 1 is 1.03 bits per heavy atom. The fourth-order valence-corrected chi connectivity index (χ4v) is 3.74. The summed E-state index contributed by atoms with van der Waals surface area (Å²) in [7, 11) is 1.14. The summed E-state index contributed by atoms with van der Waals surface area (Å²) in [5.41, 5.74) is 4.90. The lowest BCUT2D eigenvalue weighted by Crippen LogP contribution is -2.41. The quantitative estimate of drug-likeness (QED) is 0.463. The standard InChI is InChI=1S/C20H16Cl3N5O4/c1-10-7-11(21)8-12(18(29)26-27-20(31)32-2)16(10)25-19(30)17-13(22)9-14(23)28(17)15-5-3-4-6-24-15/h3-9H,1-2H3,(H,25,30)(H,26,29)(H,27,31). The number of nitrogens with one attached hydrogen (secondary N) is 3. The number of nitrogens with zero attached hydrogens (tertiary/aromatic N) is 2. The van der Waals surface area contributed by atoms with Crippen molar-refractivity contribution < 1.29 is 19.1 Å². The largest absolute Gasteiger partial charge is 0.452 e. The number of aryl methyl sites for hydroxylation is 1. The number of pyridine rings is 1. The van der Waals surface area contributed by atoms with Crippen molar-refractivity contribution in [1.82, 2.24) is 20.4 Å². The molecule has 166 valence electrons. The Kier molecular flexibility index (Phi) is 7.24. The number of hydrogen-bond acceptors (Lipinski definition) is 5. The highest BCUT2D eigenvalue weighted by Crippen LogP contribution is 2.31. The number of anilines is 1. The zero-order chi connectivity index (χ0) is 23.4. The minimum Gasteiger partial charge on any atom is -0.452 e. The lowest BCUT2D eigenvalue weighted by atomic mass is 10.1. The van der Waals surface area contributed by atoms with E-state index < -0.39 is 17.9 Å². The first kappa shape index (κ1) is 23.4. The van der Waals surface area contributed by atoms with Gasteiger partial charge in [-0.3, -0.25) is 19.6 Å². The molecule has 0 radical (unpaired) electrons. The van der Waals surface area contributed by atoms with Gasteiger partial charge in [-0.25, -0.2) is 15.2 Å². The van der Waals surface area contributed by atoms with E-state index in [0.717, 1.165) is 7.11 Å². The lowest BCUT2D eigenvalue weighted by Gasteiger charge is -2.16. The van der Waals surface area contributed by atoms with Gasteiger partial charge in [-0.05, 0) is 42.8 Å². The maximum Gasteiger partial charge on any atom is 0.425 e. The summed E-state index contributed by atoms with van der Waals surface area (Å²) >= 11 is 18.6. The zero-order valence-corrected chi connectivity index (χ0v) is 19.0. The predicted molar refractivity (Wildman–Crippen MR) is 121 cm³/mol. The molecule has 0 saturated carbocycles. The minimum atomic E-state index is -0.878. The van der Waals surface area contributed by atoms with Crippen LogP contribution in [0.25, 0.3) is 5.82 Å². The number of ether oxygens (including phenoxy) is 1. The third kappa shape index (κ3) is 4.96. The zero-order valence-electron chi connectivity index (χ0n) is 16.7. The van der Waals surface area contributed by atoms with Gasteiger partial charge in [0.25, 0.3) is 11.8 Å². The second-order valence-electron chi connectivity index (χ2n) is 6.36. The molecule has 12 heteroatoms. The molecular formula is C20H16Cl3N5O4. The fraction of sp³-hybridized carbons (Fsp3) is 0.100. The molecule has 0 bridgehead atoms. The average molecular weight is 497 g/mol. The van der Waals surface area contributed by atoms with Gasteiger partial charge in [0, 0.05) is 11.2 Å². The van der Waals surface area contributed by atoms with E-state index in [2.05, 4.69) is 25.9 Å². The van der Waals surface area contributed by atoms with Crippen LogP contribution in [0.5, 0.6) is 0 Å². The third-order valence-electron chi connectivity index (χ3n) is 4.25.